The molecule has 0 spiro atoms. The van der Waals surface area contributed by atoms with Crippen molar-refractivity contribution in [2.75, 3.05) is 5.32 Å². The van der Waals surface area contributed by atoms with Gasteiger partial charge in [-0.15, -0.1) is 5.10 Å². The molecule has 1 N–H and O–H groups in total. The average Bonchev–Trinajstić information content (AvgIpc) is 2.99. The molecule has 5 nitrogen and oxygen atoms in total. The average molecular weight is 308 g/mol. The third kappa shape index (κ3) is 3.69. The van der Waals surface area contributed by atoms with E-state index in [9.17, 15) is 0 Å². The monoisotopic (exact) mass is 308 g/mol. The number of anilines is 2. The summed E-state index contributed by atoms with van der Waals surface area (Å²) in [6, 6.07) is 15.9. The van der Waals surface area contributed by atoms with Crippen molar-refractivity contribution < 1.29 is 4.74 Å². The number of hydrogen-bond donors (Lipinski definition) is 1. The van der Waals surface area contributed by atoms with Crippen LogP contribution in [0.25, 0.3) is 5.69 Å². The molecule has 0 aliphatic carbocycles. The second kappa shape index (κ2) is 6.52. The van der Waals surface area contributed by atoms with E-state index in [0.29, 0.717) is 5.95 Å². The fourth-order valence-corrected chi connectivity index (χ4v) is 2.21. The maximum Gasteiger partial charge on any atom is 0.246 e. The van der Waals surface area contributed by atoms with Crippen LogP contribution in [0.4, 0.5) is 11.6 Å². The van der Waals surface area contributed by atoms with E-state index in [1.54, 1.807) is 11.0 Å². The second-order valence-corrected chi connectivity index (χ2v) is 5.62. The Bertz CT molecular complexity index is 781. The number of benzene rings is 2. The van der Waals surface area contributed by atoms with Gasteiger partial charge in [-0.2, -0.15) is 4.98 Å². The van der Waals surface area contributed by atoms with Gasteiger partial charge < -0.3 is 10.1 Å². The van der Waals surface area contributed by atoms with Crippen molar-refractivity contribution in [1.82, 2.24) is 14.8 Å². The molecule has 1 aromatic heterocycles. The minimum absolute atomic E-state index is 0.138. The van der Waals surface area contributed by atoms with Crippen molar-refractivity contribution in [3.8, 4) is 11.4 Å². The minimum atomic E-state index is 0.138. The van der Waals surface area contributed by atoms with E-state index < -0.39 is 0 Å². The number of aromatic nitrogens is 3. The van der Waals surface area contributed by atoms with Crippen LogP contribution >= 0.6 is 0 Å². The molecule has 5 heteroatoms. The van der Waals surface area contributed by atoms with E-state index >= 15 is 0 Å². The first kappa shape index (κ1) is 15.1. The number of para-hydroxylation sites is 1. The van der Waals surface area contributed by atoms with E-state index in [1.807, 2.05) is 69.3 Å². The van der Waals surface area contributed by atoms with Crippen LogP contribution in [0.15, 0.2) is 54.9 Å². The Morgan fingerprint density at radius 1 is 1.09 bits per heavy atom. The van der Waals surface area contributed by atoms with Gasteiger partial charge in [0.05, 0.1) is 11.8 Å². The number of nitrogens with zero attached hydrogens (tertiary/aromatic N) is 3. The molecule has 0 unspecified atom stereocenters. The maximum absolute atomic E-state index is 5.81. The van der Waals surface area contributed by atoms with Gasteiger partial charge in [0, 0.05) is 11.8 Å². The van der Waals surface area contributed by atoms with Crippen LogP contribution in [0.2, 0.25) is 0 Å². The molecule has 3 rings (SSSR count). The summed E-state index contributed by atoms with van der Waals surface area (Å²) in [4.78, 5) is 4.30. The molecule has 0 fully saturated rings. The first-order valence-corrected chi connectivity index (χ1v) is 7.63. The number of ether oxygens (including phenoxy) is 1. The lowest BCUT2D eigenvalue weighted by molar-refractivity contribution is 0.241. The lowest BCUT2D eigenvalue weighted by atomic mass is 10.2. The van der Waals surface area contributed by atoms with Gasteiger partial charge in [0.2, 0.25) is 5.95 Å². The van der Waals surface area contributed by atoms with Gasteiger partial charge in [-0.05, 0) is 44.5 Å². The van der Waals surface area contributed by atoms with Crippen LogP contribution < -0.4 is 10.1 Å². The van der Waals surface area contributed by atoms with E-state index in [0.717, 1.165) is 22.7 Å². The summed E-state index contributed by atoms with van der Waals surface area (Å²) in [6.45, 7) is 6.06. The molecule has 118 valence electrons. The van der Waals surface area contributed by atoms with Crippen LogP contribution in [-0.4, -0.2) is 20.9 Å². The Kier molecular flexibility index (Phi) is 4.28. The summed E-state index contributed by atoms with van der Waals surface area (Å²) in [5.74, 6) is 1.42. The van der Waals surface area contributed by atoms with E-state index in [2.05, 4.69) is 15.4 Å². The molecule has 0 atom stereocenters. The summed E-state index contributed by atoms with van der Waals surface area (Å²) >= 11 is 0. The highest BCUT2D eigenvalue weighted by atomic mass is 16.5. The zero-order valence-electron chi connectivity index (χ0n) is 13.5. The summed E-state index contributed by atoms with van der Waals surface area (Å²) in [6.07, 6.45) is 1.83. The van der Waals surface area contributed by atoms with Gasteiger partial charge in [-0.1, -0.05) is 24.3 Å². The highest BCUT2D eigenvalue weighted by molar-refractivity contribution is 5.57. The van der Waals surface area contributed by atoms with Crippen LogP contribution in [0, 0.1) is 6.92 Å². The van der Waals surface area contributed by atoms with Gasteiger partial charge in [0.1, 0.15) is 12.1 Å². The molecule has 0 radical (unpaired) electrons. The molecular weight excluding hydrogens is 288 g/mol. The molecule has 1 heterocycles. The third-order valence-electron chi connectivity index (χ3n) is 3.32. The number of rotatable bonds is 5. The number of aryl methyl sites for hydroxylation is 1. The lowest BCUT2D eigenvalue weighted by Crippen LogP contribution is -2.07. The topological polar surface area (TPSA) is 52.0 Å². The van der Waals surface area contributed by atoms with E-state index in [1.165, 1.54) is 0 Å². The van der Waals surface area contributed by atoms with Crippen molar-refractivity contribution in [3.63, 3.8) is 0 Å². The molecule has 0 saturated carbocycles. The smallest absolute Gasteiger partial charge is 0.246 e. The number of hydrogen-bond acceptors (Lipinski definition) is 4. The van der Waals surface area contributed by atoms with Crippen molar-refractivity contribution in [2.24, 2.45) is 0 Å². The summed E-state index contributed by atoms with van der Waals surface area (Å²) < 4.78 is 7.55. The predicted octanol–water partition coefficient (Wildman–Crippen LogP) is 4.11. The van der Waals surface area contributed by atoms with Gasteiger partial charge in [0.25, 0.3) is 0 Å². The van der Waals surface area contributed by atoms with Crippen molar-refractivity contribution in [2.45, 2.75) is 26.9 Å². The summed E-state index contributed by atoms with van der Waals surface area (Å²) in [5.41, 5.74) is 2.98. The van der Waals surface area contributed by atoms with Crippen molar-refractivity contribution in [1.29, 1.82) is 0 Å². The molecule has 2 aromatic carbocycles. The van der Waals surface area contributed by atoms with E-state index in [4.69, 9.17) is 4.74 Å². The predicted molar refractivity (Wildman–Crippen MR) is 91.6 cm³/mol. The molecule has 3 aromatic rings. The molecule has 0 amide bonds. The minimum Gasteiger partial charge on any atom is -0.491 e. The van der Waals surface area contributed by atoms with Crippen LogP contribution in [0.5, 0.6) is 5.75 Å². The van der Waals surface area contributed by atoms with Gasteiger partial charge in [-0.3, -0.25) is 0 Å². The second-order valence-electron chi connectivity index (χ2n) is 5.62. The molecule has 23 heavy (non-hydrogen) atoms. The molecule has 0 aliphatic heterocycles. The van der Waals surface area contributed by atoms with E-state index in [-0.39, 0.29) is 6.10 Å². The van der Waals surface area contributed by atoms with Crippen molar-refractivity contribution in [3.05, 3.63) is 60.4 Å². The SMILES string of the molecule is Cc1ccc(Nc2ncn(-c3ccccc3)n2)cc1OC(C)C. The highest BCUT2D eigenvalue weighted by Gasteiger charge is 2.07. The number of nitrogens with one attached hydrogen (secondary N) is 1. The third-order valence-corrected chi connectivity index (χ3v) is 3.32. The van der Waals surface area contributed by atoms with Gasteiger partial charge >= 0.3 is 0 Å². The van der Waals surface area contributed by atoms with Crippen LogP contribution in [-0.2, 0) is 0 Å². The maximum atomic E-state index is 5.81. The standard InChI is InChI=1S/C18H20N4O/c1-13(2)23-17-11-15(10-9-14(17)3)20-18-19-12-22(21-18)16-7-5-4-6-8-16/h4-13H,1-3H3,(H,20,21). The zero-order chi connectivity index (χ0) is 16.2. The highest BCUT2D eigenvalue weighted by Crippen LogP contribution is 2.25. The lowest BCUT2D eigenvalue weighted by Gasteiger charge is -2.13. The van der Waals surface area contributed by atoms with Gasteiger partial charge in [0.15, 0.2) is 0 Å². The quantitative estimate of drug-likeness (QED) is 0.771. The van der Waals surface area contributed by atoms with Crippen LogP contribution in [0.3, 0.4) is 0 Å². The Hall–Kier alpha value is -2.82. The Morgan fingerprint density at radius 2 is 1.87 bits per heavy atom. The van der Waals surface area contributed by atoms with Crippen LogP contribution in [0.1, 0.15) is 19.4 Å². The molecular formula is C18H20N4O. The Labute approximate surface area is 135 Å². The van der Waals surface area contributed by atoms with Crippen molar-refractivity contribution >= 4 is 11.6 Å². The first-order chi connectivity index (χ1) is 11.1. The van der Waals surface area contributed by atoms with Gasteiger partial charge in [-0.25, -0.2) is 4.68 Å². The normalized spacial score (nSPS) is 10.8. The Balaban J connectivity index is 1.79. The summed E-state index contributed by atoms with van der Waals surface area (Å²) in [5, 5.41) is 7.65. The molecule has 0 aliphatic rings. The molecule has 0 bridgehead atoms. The fourth-order valence-electron chi connectivity index (χ4n) is 2.21. The summed E-state index contributed by atoms with van der Waals surface area (Å²) in [7, 11) is 0. The first-order valence-electron chi connectivity index (χ1n) is 7.63. The zero-order valence-corrected chi connectivity index (χ0v) is 13.5. The Morgan fingerprint density at radius 3 is 2.61 bits per heavy atom. The largest absolute Gasteiger partial charge is 0.491 e. The molecule has 0 saturated heterocycles. The fraction of sp³-hybridized carbons (Fsp3) is 0.222.